The number of rotatable bonds is 12. The molecule has 0 saturated carbocycles. The summed E-state index contributed by atoms with van der Waals surface area (Å²) in [6, 6.07) is 9.10. The molecule has 1 saturated heterocycles. The molecule has 1 unspecified atom stereocenters. The van der Waals surface area contributed by atoms with E-state index in [9.17, 15) is 23.7 Å². The number of aromatic amines is 1. The highest BCUT2D eigenvalue weighted by Gasteiger charge is 2.57. The Balaban J connectivity index is 1.94. The summed E-state index contributed by atoms with van der Waals surface area (Å²) in [5, 5.41) is 0. The lowest BCUT2D eigenvalue weighted by Gasteiger charge is -2.31. The number of nitrogens with zero attached hydrogens (tertiary/aromatic N) is 1. The normalized spacial score (nSPS) is 23.8. The van der Waals surface area contributed by atoms with Gasteiger partial charge in [0.1, 0.15) is 17.3 Å². The van der Waals surface area contributed by atoms with Crippen LogP contribution in [0.15, 0.2) is 52.2 Å². The van der Waals surface area contributed by atoms with Crippen LogP contribution in [0.3, 0.4) is 0 Å². The minimum absolute atomic E-state index is 0.0826. The summed E-state index contributed by atoms with van der Waals surface area (Å²) in [7, 11) is -4.59. The van der Waals surface area contributed by atoms with Gasteiger partial charge in [-0.3, -0.25) is 28.2 Å². The van der Waals surface area contributed by atoms with Crippen molar-refractivity contribution in [3.63, 3.8) is 0 Å². The largest absolute Gasteiger partial charge is 0.530 e. The van der Waals surface area contributed by atoms with Gasteiger partial charge in [0.05, 0.1) is 19.1 Å². The van der Waals surface area contributed by atoms with Crippen molar-refractivity contribution in [3.05, 3.63) is 63.4 Å². The van der Waals surface area contributed by atoms with Gasteiger partial charge in [-0.25, -0.2) is 14.2 Å². The first-order valence-electron chi connectivity index (χ1n) is 14.0. The average molecular weight is 635 g/mol. The Bertz CT molecular complexity index is 1520. The molecular weight excluding hydrogens is 595 g/mol. The Labute approximate surface area is 255 Å². The van der Waals surface area contributed by atoms with Gasteiger partial charge in [-0.15, -0.1) is 6.42 Å². The highest BCUT2D eigenvalue weighted by atomic mass is 31.2. The Kier molecular flexibility index (Phi) is 11.0. The Morgan fingerprint density at radius 3 is 2.36 bits per heavy atom. The number of nitrogens with one attached hydrogen (secondary N) is 1. The van der Waals surface area contributed by atoms with E-state index in [1.165, 1.54) is 32.2 Å². The number of esters is 2. The van der Waals surface area contributed by atoms with Crippen molar-refractivity contribution in [1.29, 1.82) is 0 Å². The van der Waals surface area contributed by atoms with Crippen molar-refractivity contribution in [1.82, 2.24) is 9.55 Å². The topological polar surface area (TPSA) is 161 Å². The van der Waals surface area contributed by atoms with E-state index >= 15 is 0 Å². The van der Waals surface area contributed by atoms with Crippen LogP contribution in [0.5, 0.6) is 5.75 Å². The number of terminal acetylenes is 1. The minimum atomic E-state index is -4.59. The molecule has 1 aromatic heterocycles. The number of phosphoric acid groups is 1. The van der Waals surface area contributed by atoms with E-state index in [2.05, 4.69) is 10.9 Å². The van der Waals surface area contributed by atoms with Gasteiger partial charge in [0.15, 0.2) is 18.4 Å². The number of hydrogen-bond donors (Lipinski definition) is 1. The number of phosphoric ester groups is 1. The van der Waals surface area contributed by atoms with Crippen molar-refractivity contribution in [3.8, 4) is 18.1 Å². The number of carbonyl (C=O) groups excluding carboxylic acids is 2. The molecule has 1 aromatic carbocycles. The van der Waals surface area contributed by atoms with Crippen molar-refractivity contribution < 1.29 is 41.9 Å². The first-order valence-corrected chi connectivity index (χ1v) is 15.4. The summed E-state index contributed by atoms with van der Waals surface area (Å²) in [6.45, 7) is 11.3. The molecule has 0 aliphatic carbocycles. The van der Waals surface area contributed by atoms with E-state index < -0.39 is 73.5 Å². The second-order valence-corrected chi connectivity index (χ2v) is 13.6. The summed E-state index contributed by atoms with van der Waals surface area (Å²) >= 11 is 0. The molecule has 0 spiro atoms. The maximum absolute atomic E-state index is 14.0. The van der Waals surface area contributed by atoms with Gasteiger partial charge in [0, 0.05) is 12.3 Å². The Hall–Kier alpha value is -3.69. The number of carbonyl (C=O) groups is 2. The molecule has 0 bridgehead atoms. The third-order valence-electron chi connectivity index (χ3n) is 6.50. The third-order valence-corrected chi connectivity index (χ3v) is 7.97. The van der Waals surface area contributed by atoms with Crippen molar-refractivity contribution in [2.24, 2.45) is 16.7 Å². The smallest absolute Gasteiger partial charge is 0.463 e. The number of ether oxygens (including phenoxy) is 3. The van der Waals surface area contributed by atoms with Crippen LogP contribution in [0, 0.1) is 29.1 Å². The lowest BCUT2D eigenvalue weighted by Crippen LogP contribution is -2.43. The van der Waals surface area contributed by atoms with E-state index in [0.717, 1.165) is 10.6 Å². The highest BCUT2D eigenvalue weighted by molar-refractivity contribution is 7.49. The van der Waals surface area contributed by atoms with Crippen molar-refractivity contribution in [2.45, 2.75) is 73.0 Å². The maximum atomic E-state index is 14.0. The van der Waals surface area contributed by atoms with Gasteiger partial charge in [-0.2, -0.15) is 0 Å². The molecule has 1 fully saturated rings. The zero-order chi connectivity index (χ0) is 32.9. The molecule has 240 valence electrons. The van der Waals surface area contributed by atoms with E-state index in [0.29, 0.717) is 0 Å². The number of H-pyrrole nitrogens is 1. The lowest BCUT2D eigenvalue weighted by molar-refractivity contribution is -0.160. The average Bonchev–Trinajstić information content (AvgIpc) is 3.21. The summed E-state index contributed by atoms with van der Waals surface area (Å²) < 4.78 is 49.1. The van der Waals surface area contributed by atoms with Crippen LogP contribution in [0.4, 0.5) is 0 Å². The van der Waals surface area contributed by atoms with Gasteiger partial charge < -0.3 is 18.7 Å². The summed E-state index contributed by atoms with van der Waals surface area (Å²) in [5.41, 5.74) is -3.24. The molecule has 2 heterocycles. The molecule has 14 heteroatoms. The van der Waals surface area contributed by atoms with Crippen LogP contribution in [-0.2, 0) is 37.4 Å². The predicted molar refractivity (Wildman–Crippen MR) is 158 cm³/mol. The highest BCUT2D eigenvalue weighted by Crippen LogP contribution is 2.53. The van der Waals surface area contributed by atoms with E-state index in [4.69, 9.17) is 34.2 Å². The molecule has 2 aromatic rings. The second kappa shape index (κ2) is 13.9. The lowest BCUT2D eigenvalue weighted by atomic mass is 9.83. The molecule has 1 aliphatic heterocycles. The second-order valence-electron chi connectivity index (χ2n) is 12.0. The molecule has 1 N–H and O–H groups in total. The van der Waals surface area contributed by atoms with Gasteiger partial charge in [0.25, 0.3) is 5.56 Å². The van der Waals surface area contributed by atoms with Crippen molar-refractivity contribution >= 4 is 19.8 Å². The first kappa shape index (κ1) is 34.8. The van der Waals surface area contributed by atoms with Gasteiger partial charge in [-0.1, -0.05) is 58.7 Å². The minimum Gasteiger partial charge on any atom is -0.463 e. The monoisotopic (exact) mass is 634 g/mol. The van der Waals surface area contributed by atoms with Gasteiger partial charge in [-0.05, 0) is 31.4 Å². The SMILES string of the molecule is C#C[C@]1(C)[C@H](OC(=O)C(C)C)[C@@H](COP(=O)(Oc2ccccc2)O[C@@H](C)C(=O)OCC(C)(C)C)O[C@H]1n1ccc(=O)[nH]c1=O. The van der Waals surface area contributed by atoms with Crippen LogP contribution in [-0.4, -0.2) is 53.0 Å². The number of benzene rings is 1. The zero-order valence-corrected chi connectivity index (χ0v) is 26.7. The Morgan fingerprint density at radius 2 is 1.80 bits per heavy atom. The fourth-order valence-electron chi connectivity index (χ4n) is 4.11. The van der Waals surface area contributed by atoms with Crippen LogP contribution < -0.4 is 15.8 Å². The molecular formula is C30H39N2O11P. The predicted octanol–water partition coefficient (Wildman–Crippen LogP) is 3.84. The van der Waals surface area contributed by atoms with Gasteiger partial charge >= 0.3 is 25.5 Å². The number of aromatic nitrogens is 2. The van der Waals surface area contributed by atoms with E-state index in [-0.39, 0.29) is 17.8 Å². The van der Waals surface area contributed by atoms with Gasteiger partial charge in [0.2, 0.25) is 0 Å². The maximum Gasteiger partial charge on any atom is 0.530 e. The van der Waals surface area contributed by atoms with E-state index in [1.807, 2.05) is 20.8 Å². The van der Waals surface area contributed by atoms with Crippen LogP contribution in [0.2, 0.25) is 0 Å². The third kappa shape index (κ3) is 8.70. The molecule has 13 nitrogen and oxygen atoms in total. The molecule has 3 rings (SSSR count). The Morgan fingerprint density at radius 1 is 1.14 bits per heavy atom. The van der Waals surface area contributed by atoms with E-state index in [1.54, 1.807) is 32.0 Å². The summed E-state index contributed by atoms with van der Waals surface area (Å²) in [5.74, 6) is 0.721. The molecule has 0 amide bonds. The van der Waals surface area contributed by atoms with Crippen LogP contribution in [0.25, 0.3) is 0 Å². The van der Waals surface area contributed by atoms with Crippen LogP contribution in [0.1, 0.15) is 54.7 Å². The zero-order valence-electron chi connectivity index (χ0n) is 25.8. The molecule has 0 radical (unpaired) electrons. The quantitative estimate of drug-likeness (QED) is 0.205. The summed E-state index contributed by atoms with van der Waals surface area (Å²) in [4.78, 5) is 51.9. The number of hydrogen-bond acceptors (Lipinski definition) is 11. The first-order chi connectivity index (χ1) is 20.5. The molecule has 44 heavy (non-hydrogen) atoms. The fraction of sp³-hybridized carbons (Fsp3) is 0.533. The fourth-order valence-corrected chi connectivity index (χ4v) is 5.45. The van der Waals surface area contributed by atoms with Crippen molar-refractivity contribution in [2.75, 3.05) is 13.2 Å². The molecule has 6 atom stereocenters. The summed E-state index contributed by atoms with van der Waals surface area (Å²) in [6.07, 6.45) is 2.09. The molecule has 1 aliphatic rings. The number of para-hydroxylation sites is 1. The van der Waals surface area contributed by atoms with Crippen LogP contribution >= 0.6 is 7.82 Å². The standard InChI is InChI=1S/C30H39N2O11P/c1-9-30(8)24(41-25(34)19(2)3)22(40-27(30)32-16-15-23(33)31-28(32)36)17-39-44(37,43-21-13-11-10-12-14-21)42-20(4)26(35)38-18-29(5,6)7/h1,10-16,19-20,22,24,27H,17-18H2,2-8H3,(H,31,33,36)/t20-,22+,24+,27+,30+,44?/m0/s1.